The number of rotatable bonds is 2. The van der Waals surface area contributed by atoms with Crippen molar-refractivity contribution in [3.05, 3.63) is 35.5 Å². The molecule has 3 N–H and O–H groups in total. The van der Waals surface area contributed by atoms with E-state index in [4.69, 9.17) is 22.6 Å². The van der Waals surface area contributed by atoms with E-state index in [-0.39, 0.29) is 0 Å². The fourth-order valence-electron chi connectivity index (χ4n) is 3.03. The lowest BCUT2D eigenvalue weighted by Crippen LogP contribution is -2.49. The van der Waals surface area contributed by atoms with E-state index < -0.39 is 5.54 Å². The van der Waals surface area contributed by atoms with Gasteiger partial charge in [0, 0.05) is 18.7 Å². The van der Waals surface area contributed by atoms with Gasteiger partial charge < -0.3 is 10.6 Å². The van der Waals surface area contributed by atoms with Gasteiger partial charge in [-0.25, -0.2) is 9.97 Å². The van der Waals surface area contributed by atoms with E-state index in [1.165, 1.54) is 0 Å². The standard InChI is InChI=1S/C17H16ClN7/c18-12-4-2-1-3-11(12)14-15-16(24-23-14)22-13(9-21-15)25-7-5-17(20,10-19)6-8-25/h1-4,9H,5-8,20H2,(H,22,23,24). The summed E-state index contributed by atoms with van der Waals surface area (Å²) in [6.07, 6.45) is 2.95. The number of halogens is 1. The quantitative estimate of drug-likeness (QED) is 0.732. The molecule has 7 nitrogen and oxygen atoms in total. The maximum absolute atomic E-state index is 9.14. The van der Waals surface area contributed by atoms with Crippen LogP contribution in [0.4, 0.5) is 5.82 Å². The highest BCUT2D eigenvalue weighted by Gasteiger charge is 2.31. The predicted octanol–water partition coefficient (Wildman–Crippen LogP) is 2.49. The van der Waals surface area contributed by atoms with Crippen molar-refractivity contribution < 1.29 is 0 Å². The van der Waals surface area contributed by atoms with Crippen LogP contribution >= 0.6 is 11.6 Å². The van der Waals surface area contributed by atoms with Crippen molar-refractivity contribution in [3.8, 4) is 17.3 Å². The molecular weight excluding hydrogens is 338 g/mol. The Morgan fingerprint density at radius 3 is 2.76 bits per heavy atom. The molecule has 1 fully saturated rings. The van der Waals surface area contributed by atoms with Crippen molar-refractivity contribution in [2.45, 2.75) is 18.4 Å². The Morgan fingerprint density at radius 2 is 2.04 bits per heavy atom. The van der Waals surface area contributed by atoms with Crippen LogP contribution < -0.4 is 10.6 Å². The zero-order valence-corrected chi connectivity index (χ0v) is 14.2. The minimum absolute atomic E-state index is 0.608. The lowest BCUT2D eigenvalue weighted by Gasteiger charge is -2.35. The van der Waals surface area contributed by atoms with Crippen molar-refractivity contribution in [3.63, 3.8) is 0 Å². The SMILES string of the molecule is N#CC1(N)CCN(c2cnc3c(-c4ccccc4Cl)n[nH]c3n2)CC1. The minimum atomic E-state index is -0.737. The van der Waals surface area contributed by atoms with Gasteiger partial charge in [0.05, 0.1) is 17.3 Å². The smallest absolute Gasteiger partial charge is 0.177 e. The molecule has 0 saturated carbocycles. The lowest BCUT2D eigenvalue weighted by molar-refractivity contribution is 0.414. The van der Waals surface area contributed by atoms with Gasteiger partial charge in [-0.15, -0.1) is 0 Å². The number of nitrogens with one attached hydrogen (secondary N) is 1. The third-order valence-corrected chi connectivity index (χ3v) is 4.92. The van der Waals surface area contributed by atoms with E-state index in [0.717, 1.165) is 11.4 Å². The summed E-state index contributed by atoms with van der Waals surface area (Å²) in [6, 6.07) is 9.70. The summed E-state index contributed by atoms with van der Waals surface area (Å²) in [5.74, 6) is 0.752. The molecule has 1 aromatic carbocycles. The maximum Gasteiger partial charge on any atom is 0.177 e. The summed E-state index contributed by atoms with van der Waals surface area (Å²) in [4.78, 5) is 11.3. The second-order valence-electron chi connectivity index (χ2n) is 6.23. The molecule has 1 aliphatic rings. The number of nitriles is 1. The third kappa shape index (κ3) is 2.80. The van der Waals surface area contributed by atoms with Gasteiger partial charge >= 0.3 is 0 Å². The van der Waals surface area contributed by atoms with Crippen LogP contribution in [-0.2, 0) is 0 Å². The average Bonchev–Trinajstić information content (AvgIpc) is 3.06. The van der Waals surface area contributed by atoms with Crippen LogP contribution in [0.5, 0.6) is 0 Å². The molecule has 1 aliphatic heterocycles. The third-order valence-electron chi connectivity index (χ3n) is 4.59. The monoisotopic (exact) mass is 353 g/mol. The number of aromatic nitrogens is 4. The number of benzene rings is 1. The van der Waals surface area contributed by atoms with E-state index in [2.05, 4.69) is 31.1 Å². The fraction of sp³-hybridized carbons (Fsp3) is 0.294. The maximum atomic E-state index is 9.14. The Morgan fingerprint density at radius 1 is 1.28 bits per heavy atom. The Balaban J connectivity index is 1.65. The van der Waals surface area contributed by atoms with Crippen LogP contribution in [0, 0.1) is 11.3 Å². The van der Waals surface area contributed by atoms with E-state index in [9.17, 15) is 0 Å². The van der Waals surface area contributed by atoms with Gasteiger partial charge in [-0.3, -0.25) is 5.10 Å². The number of anilines is 1. The summed E-state index contributed by atoms with van der Waals surface area (Å²) >= 11 is 6.26. The first-order chi connectivity index (χ1) is 12.1. The summed E-state index contributed by atoms with van der Waals surface area (Å²) < 4.78 is 0. The van der Waals surface area contributed by atoms with Crippen LogP contribution in [0.25, 0.3) is 22.4 Å². The number of hydrogen-bond acceptors (Lipinski definition) is 6. The molecule has 3 aromatic rings. The molecule has 2 aromatic heterocycles. The molecule has 0 atom stereocenters. The number of aromatic amines is 1. The normalized spacial score (nSPS) is 16.8. The van der Waals surface area contributed by atoms with Crippen LogP contribution in [0.1, 0.15) is 12.8 Å². The molecule has 25 heavy (non-hydrogen) atoms. The van der Waals surface area contributed by atoms with Crippen LogP contribution in [-0.4, -0.2) is 38.8 Å². The van der Waals surface area contributed by atoms with Crippen molar-refractivity contribution in [2.75, 3.05) is 18.0 Å². The van der Waals surface area contributed by atoms with E-state index >= 15 is 0 Å². The van der Waals surface area contributed by atoms with Crippen molar-refractivity contribution in [2.24, 2.45) is 5.73 Å². The molecule has 8 heteroatoms. The summed E-state index contributed by atoms with van der Waals surface area (Å²) in [5, 5.41) is 17.0. The van der Waals surface area contributed by atoms with E-state index in [1.807, 2.05) is 24.3 Å². The largest absolute Gasteiger partial charge is 0.355 e. The second kappa shape index (κ2) is 5.99. The first kappa shape index (κ1) is 15.8. The van der Waals surface area contributed by atoms with Crippen molar-refractivity contribution in [1.82, 2.24) is 20.2 Å². The van der Waals surface area contributed by atoms with Crippen molar-refractivity contribution >= 4 is 28.6 Å². The highest BCUT2D eigenvalue weighted by Crippen LogP contribution is 2.31. The van der Waals surface area contributed by atoms with Gasteiger partial charge in [-0.2, -0.15) is 10.4 Å². The number of hydrogen-bond donors (Lipinski definition) is 2. The summed E-state index contributed by atoms with van der Waals surface area (Å²) in [5.41, 5.74) is 8.07. The van der Waals surface area contributed by atoms with Crippen LogP contribution in [0.15, 0.2) is 30.5 Å². The molecule has 0 radical (unpaired) electrons. The summed E-state index contributed by atoms with van der Waals surface area (Å²) in [6.45, 7) is 1.35. The number of fused-ring (bicyclic) bond motifs is 1. The molecule has 4 rings (SSSR count). The van der Waals surface area contributed by atoms with Crippen LogP contribution in [0.3, 0.4) is 0 Å². The zero-order valence-electron chi connectivity index (χ0n) is 13.4. The van der Waals surface area contributed by atoms with Gasteiger partial charge in [0.15, 0.2) is 5.65 Å². The number of nitrogens with two attached hydrogens (primary N) is 1. The number of H-pyrrole nitrogens is 1. The van der Waals surface area contributed by atoms with Crippen LogP contribution in [0.2, 0.25) is 5.02 Å². The molecule has 0 aliphatic carbocycles. The first-order valence-electron chi connectivity index (χ1n) is 8.01. The van der Waals surface area contributed by atoms with E-state index in [0.29, 0.717) is 47.8 Å². The second-order valence-corrected chi connectivity index (χ2v) is 6.64. The van der Waals surface area contributed by atoms with E-state index in [1.54, 1.807) is 6.20 Å². The Hall–Kier alpha value is -2.69. The topological polar surface area (TPSA) is 108 Å². The molecule has 1 saturated heterocycles. The Labute approximate surface area is 149 Å². The van der Waals surface area contributed by atoms with Gasteiger partial charge in [0.2, 0.25) is 0 Å². The Kier molecular flexibility index (Phi) is 3.79. The Bertz CT molecular complexity index is 967. The number of piperidine rings is 1. The van der Waals surface area contributed by atoms with Gasteiger partial charge in [0.25, 0.3) is 0 Å². The molecule has 0 bridgehead atoms. The van der Waals surface area contributed by atoms with Crippen molar-refractivity contribution in [1.29, 1.82) is 5.26 Å². The fourth-order valence-corrected chi connectivity index (χ4v) is 3.26. The van der Waals surface area contributed by atoms with Gasteiger partial charge in [0.1, 0.15) is 22.6 Å². The average molecular weight is 354 g/mol. The molecule has 126 valence electrons. The molecule has 3 heterocycles. The minimum Gasteiger partial charge on any atom is -0.355 e. The molecular formula is C17H16ClN7. The highest BCUT2D eigenvalue weighted by molar-refractivity contribution is 6.33. The highest BCUT2D eigenvalue weighted by atomic mass is 35.5. The zero-order chi connectivity index (χ0) is 17.4. The molecule has 0 unspecified atom stereocenters. The molecule has 0 spiro atoms. The molecule has 0 amide bonds. The summed E-state index contributed by atoms with van der Waals surface area (Å²) in [7, 11) is 0. The van der Waals surface area contributed by atoms with Gasteiger partial charge in [-0.1, -0.05) is 29.8 Å². The first-order valence-corrected chi connectivity index (χ1v) is 8.38. The lowest BCUT2D eigenvalue weighted by atomic mass is 9.90. The number of nitrogens with zero attached hydrogens (tertiary/aromatic N) is 5. The predicted molar refractivity (Wildman–Crippen MR) is 96.1 cm³/mol. The van der Waals surface area contributed by atoms with Gasteiger partial charge in [-0.05, 0) is 18.9 Å².